The predicted molar refractivity (Wildman–Crippen MR) is 81.6 cm³/mol. The summed E-state index contributed by atoms with van der Waals surface area (Å²) in [6.07, 6.45) is 8.45. The summed E-state index contributed by atoms with van der Waals surface area (Å²) in [5.41, 5.74) is 9.03. The minimum atomic E-state index is 0.755. The predicted octanol–water partition coefficient (Wildman–Crippen LogP) is 2.21. The van der Waals surface area contributed by atoms with Gasteiger partial charge in [0.2, 0.25) is 0 Å². The number of aromatic nitrogens is 3. The quantitative estimate of drug-likeness (QED) is 0.711. The van der Waals surface area contributed by atoms with Crippen LogP contribution in [0.5, 0.6) is 0 Å². The Morgan fingerprint density at radius 1 is 1.20 bits per heavy atom. The smallest absolute Gasteiger partial charge is 0.0522 e. The summed E-state index contributed by atoms with van der Waals surface area (Å²) in [6.45, 7) is 0.854. The second kappa shape index (κ2) is 5.21. The molecule has 3 rings (SSSR count). The Labute approximate surface area is 117 Å². The molecule has 5 heteroatoms. The first-order valence-corrected chi connectivity index (χ1v) is 6.57. The zero-order valence-electron chi connectivity index (χ0n) is 11.4. The normalized spacial score (nSPS) is 10.8. The van der Waals surface area contributed by atoms with Crippen molar-refractivity contribution in [2.75, 3.05) is 17.6 Å². The van der Waals surface area contributed by atoms with Crippen LogP contribution in [0, 0.1) is 0 Å². The Balaban J connectivity index is 1.76. The van der Waals surface area contributed by atoms with Crippen LogP contribution in [0.15, 0.2) is 43.0 Å². The molecule has 0 saturated carbocycles. The number of anilines is 2. The fourth-order valence-corrected chi connectivity index (χ4v) is 2.31. The van der Waals surface area contributed by atoms with Crippen LogP contribution in [0.1, 0.15) is 5.56 Å². The van der Waals surface area contributed by atoms with Gasteiger partial charge in [0.05, 0.1) is 6.20 Å². The second-order valence-electron chi connectivity index (χ2n) is 4.82. The first kappa shape index (κ1) is 12.5. The SMILES string of the molecule is Cn1cc(CCNc2ccc(N)c3cnccc23)cn1. The highest BCUT2D eigenvalue weighted by Crippen LogP contribution is 2.27. The highest BCUT2D eigenvalue weighted by molar-refractivity contribution is 6.00. The number of nitrogen functional groups attached to an aromatic ring is 1. The van der Waals surface area contributed by atoms with E-state index in [0.717, 1.165) is 35.1 Å². The van der Waals surface area contributed by atoms with E-state index in [0.29, 0.717) is 0 Å². The monoisotopic (exact) mass is 267 g/mol. The molecule has 0 bridgehead atoms. The number of nitrogens with one attached hydrogen (secondary N) is 1. The van der Waals surface area contributed by atoms with Gasteiger partial charge in [0.25, 0.3) is 0 Å². The van der Waals surface area contributed by atoms with Crippen LogP contribution in [-0.4, -0.2) is 21.3 Å². The zero-order chi connectivity index (χ0) is 13.9. The van der Waals surface area contributed by atoms with Crippen molar-refractivity contribution in [2.24, 2.45) is 7.05 Å². The standard InChI is InChI=1S/C15H17N5/c1-20-10-11(8-19-20)4-7-18-15-3-2-14(16)13-9-17-6-5-12(13)15/h2-3,5-6,8-10,18H,4,7,16H2,1H3. The van der Waals surface area contributed by atoms with E-state index in [9.17, 15) is 0 Å². The highest BCUT2D eigenvalue weighted by atomic mass is 15.2. The molecule has 3 N–H and O–H groups in total. The average Bonchev–Trinajstić information content (AvgIpc) is 2.87. The Bertz CT molecular complexity index is 732. The third kappa shape index (κ3) is 2.42. The molecule has 2 heterocycles. The summed E-state index contributed by atoms with van der Waals surface area (Å²) in [5.74, 6) is 0. The number of rotatable bonds is 4. The van der Waals surface area contributed by atoms with E-state index in [2.05, 4.69) is 15.4 Å². The van der Waals surface area contributed by atoms with Crippen LogP contribution in [0.2, 0.25) is 0 Å². The molecule has 0 aliphatic heterocycles. The van der Waals surface area contributed by atoms with Gasteiger partial charge in [-0.3, -0.25) is 9.67 Å². The van der Waals surface area contributed by atoms with Crippen molar-refractivity contribution in [1.82, 2.24) is 14.8 Å². The molecular weight excluding hydrogens is 250 g/mol. The van der Waals surface area contributed by atoms with Gasteiger partial charge in [0, 0.05) is 54.3 Å². The van der Waals surface area contributed by atoms with Crippen LogP contribution in [0.4, 0.5) is 11.4 Å². The van der Waals surface area contributed by atoms with Crippen molar-refractivity contribution in [3.05, 3.63) is 48.5 Å². The maximum Gasteiger partial charge on any atom is 0.0522 e. The van der Waals surface area contributed by atoms with E-state index in [1.54, 1.807) is 12.4 Å². The molecule has 2 aromatic heterocycles. The number of nitrogens with zero attached hydrogens (tertiary/aromatic N) is 3. The van der Waals surface area contributed by atoms with Crippen LogP contribution in [0.3, 0.4) is 0 Å². The van der Waals surface area contributed by atoms with Crippen molar-refractivity contribution in [3.8, 4) is 0 Å². The number of fused-ring (bicyclic) bond motifs is 1. The van der Waals surface area contributed by atoms with Crippen LogP contribution < -0.4 is 11.1 Å². The first-order chi connectivity index (χ1) is 9.74. The van der Waals surface area contributed by atoms with E-state index in [4.69, 9.17) is 5.73 Å². The molecule has 20 heavy (non-hydrogen) atoms. The summed E-state index contributed by atoms with van der Waals surface area (Å²) in [5, 5.41) is 9.71. The molecule has 0 unspecified atom stereocenters. The lowest BCUT2D eigenvalue weighted by Gasteiger charge is -2.10. The van der Waals surface area contributed by atoms with Crippen molar-refractivity contribution in [3.63, 3.8) is 0 Å². The van der Waals surface area contributed by atoms with Gasteiger partial charge in [0.1, 0.15) is 0 Å². The molecular formula is C15H17N5. The van der Waals surface area contributed by atoms with Crippen molar-refractivity contribution < 1.29 is 0 Å². The van der Waals surface area contributed by atoms with Gasteiger partial charge in [-0.1, -0.05) is 0 Å². The lowest BCUT2D eigenvalue weighted by Crippen LogP contribution is -2.05. The Morgan fingerprint density at radius 3 is 2.90 bits per heavy atom. The fraction of sp³-hybridized carbons (Fsp3) is 0.200. The summed E-state index contributed by atoms with van der Waals surface area (Å²) in [6, 6.07) is 5.91. The zero-order valence-corrected chi connectivity index (χ0v) is 11.4. The largest absolute Gasteiger partial charge is 0.398 e. The van der Waals surface area contributed by atoms with Gasteiger partial charge in [-0.15, -0.1) is 0 Å². The lowest BCUT2D eigenvalue weighted by molar-refractivity contribution is 0.767. The number of nitrogens with two attached hydrogens (primary N) is 1. The van der Waals surface area contributed by atoms with E-state index in [1.165, 1.54) is 5.56 Å². The van der Waals surface area contributed by atoms with E-state index >= 15 is 0 Å². The summed E-state index contributed by atoms with van der Waals surface area (Å²) >= 11 is 0. The van der Waals surface area contributed by atoms with Crippen molar-refractivity contribution in [2.45, 2.75) is 6.42 Å². The molecule has 0 radical (unpaired) electrons. The fourth-order valence-electron chi connectivity index (χ4n) is 2.31. The highest BCUT2D eigenvalue weighted by Gasteiger charge is 2.04. The molecule has 3 aromatic rings. The number of pyridine rings is 1. The lowest BCUT2D eigenvalue weighted by atomic mass is 10.1. The van der Waals surface area contributed by atoms with Gasteiger partial charge in [-0.2, -0.15) is 5.10 Å². The van der Waals surface area contributed by atoms with Crippen molar-refractivity contribution >= 4 is 22.1 Å². The maximum atomic E-state index is 5.97. The summed E-state index contributed by atoms with van der Waals surface area (Å²) in [4.78, 5) is 4.13. The van der Waals surface area contributed by atoms with Gasteiger partial charge in [0.15, 0.2) is 0 Å². The molecule has 1 aromatic carbocycles. The van der Waals surface area contributed by atoms with Gasteiger partial charge >= 0.3 is 0 Å². The van der Waals surface area contributed by atoms with Crippen molar-refractivity contribution in [1.29, 1.82) is 0 Å². The van der Waals surface area contributed by atoms with Crippen LogP contribution >= 0.6 is 0 Å². The van der Waals surface area contributed by atoms with E-state index in [1.807, 2.05) is 42.3 Å². The minimum Gasteiger partial charge on any atom is -0.398 e. The molecule has 0 aliphatic carbocycles. The second-order valence-corrected chi connectivity index (χ2v) is 4.82. The number of benzene rings is 1. The Hall–Kier alpha value is -2.56. The Morgan fingerprint density at radius 2 is 2.10 bits per heavy atom. The molecule has 0 saturated heterocycles. The third-order valence-corrected chi connectivity index (χ3v) is 3.34. The summed E-state index contributed by atoms with van der Waals surface area (Å²) in [7, 11) is 1.93. The van der Waals surface area contributed by atoms with Crippen LogP contribution in [-0.2, 0) is 13.5 Å². The van der Waals surface area contributed by atoms with E-state index < -0.39 is 0 Å². The maximum absolute atomic E-state index is 5.97. The molecule has 0 spiro atoms. The first-order valence-electron chi connectivity index (χ1n) is 6.57. The average molecular weight is 267 g/mol. The molecule has 0 fully saturated rings. The minimum absolute atomic E-state index is 0.755. The molecule has 5 nitrogen and oxygen atoms in total. The molecule has 0 amide bonds. The van der Waals surface area contributed by atoms with Crippen LogP contribution in [0.25, 0.3) is 10.8 Å². The summed E-state index contributed by atoms with van der Waals surface area (Å²) < 4.78 is 1.82. The number of aryl methyl sites for hydroxylation is 1. The van der Waals surface area contributed by atoms with E-state index in [-0.39, 0.29) is 0 Å². The number of hydrogen-bond acceptors (Lipinski definition) is 4. The van der Waals surface area contributed by atoms with Gasteiger partial charge in [-0.05, 0) is 30.2 Å². The van der Waals surface area contributed by atoms with Gasteiger partial charge in [-0.25, -0.2) is 0 Å². The molecule has 0 aliphatic rings. The molecule has 102 valence electrons. The van der Waals surface area contributed by atoms with Gasteiger partial charge < -0.3 is 11.1 Å². The molecule has 0 atom stereocenters. The Kier molecular flexibility index (Phi) is 3.25. The third-order valence-electron chi connectivity index (χ3n) is 3.34. The topological polar surface area (TPSA) is 68.8 Å². The number of hydrogen-bond donors (Lipinski definition) is 2.